The Kier molecular flexibility index (Phi) is 13.4. The van der Waals surface area contributed by atoms with E-state index in [-0.39, 0.29) is 0 Å². The summed E-state index contributed by atoms with van der Waals surface area (Å²) in [5.74, 6) is 0.0321. The third-order valence-corrected chi connectivity index (χ3v) is 4.86. The van der Waals surface area contributed by atoms with Gasteiger partial charge in [0.2, 0.25) is 0 Å². The largest absolute Gasteiger partial charge is 0.431 e. The molecule has 0 aromatic heterocycles. The van der Waals surface area contributed by atoms with Crippen molar-refractivity contribution in [3.05, 3.63) is 23.5 Å². The number of carbonyl (C=O) groups is 1. The first-order valence-electron chi connectivity index (χ1n) is 9.20. The predicted octanol–water partition coefficient (Wildman–Crippen LogP) is 4.36. The molecule has 0 unspecified atom stereocenters. The number of carbonyl (C=O) groups excluding carboxylic acids is 1. The summed E-state index contributed by atoms with van der Waals surface area (Å²) in [5.41, 5.74) is -1.05. The molecule has 0 saturated heterocycles. The van der Waals surface area contributed by atoms with Crippen LogP contribution in [0.2, 0.25) is 0 Å². The van der Waals surface area contributed by atoms with Crippen LogP contribution in [-0.2, 0) is 22.1 Å². The number of allylic oxidation sites excluding steroid dienone is 3. The minimum Gasteiger partial charge on any atom is -0.431 e. The summed E-state index contributed by atoms with van der Waals surface area (Å²) in [6.45, 7) is 13.4. The lowest BCUT2D eigenvalue weighted by atomic mass is 9.77. The van der Waals surface area contributed by atoms with Gasteiger partial charge in [0.1, 0.15) is 28.8 Å². The third kappa shape index (κ3) is 11.8. The van der Waals surface area contributed by atoms with E-state index < -0.39 is 17.0 Å². The van der Waals surface area contributed by atoms with Crippen LogP contribution < -0.4 is 0 Å². The molecule has 0 saturated carbocycles. The second-order valence-corrected chi connectivity index (χ2v) is 8.13. The highest BCUT2D eigenvalue weighted by Crippen LogP contribution is 2.32. The number of hydrogen-bond donors (Lipinski definition) is 1. The van der Waals surface area contributed by atoms with Gasteiger partial charge in [0, 0.05) is 6.61 Å². The van der Waals surface area contributed by atoms with Crippen molar-refractivity contribution >= 4 is 29.0 Å². The summed E-state index contributed by atoms with van der Waals surface area (Å²) >= 11 is 1.87. The summed E-state index contributed by atoms with van der Waals surface area (Å²) in [5, 5.41) is 10.1. The SMILES string of the molecule is C/C(=C\C=C(/C)OC(=O)C(C)(C)C(C)(C)O)CCOCCOCCCOI. The molecule has 7 heteroatoms. The molecule has 27 heavy (non-hydrogen) atoms. The maximum absolute atomic E-state index is 12.2. The molecule has 0 aliphatic heterocycles. The fraction of sp³-hybridized carbons (Fsp3) is 0.750. The number of hydrogen-bond acceptors (Lipinski definition) is 6. The Morgan fingerprint density at radius 3 is 2.11 bits per heavy atom. The smallest absolute Gasteiger partial charge is 0.319 e. The van der Waals surface area contributed by atoms with Gasteiger partial charge in [0.25, 0.3) is 0 Å². The Balaban J connectivity index is 4.12. The van der Waals surface area contributed by atoms with E-state index in [1.165, 1.54) is 0 Å². The van der Waals surface area contributed by atoms with Gasteiger partial charge in [-0.1, -0.05) is 11.6 Å². The predicted molar refractivity (Wildman–Crippen MR) is 115 cm³/mol. The molecule has 0 aliphatic rings. The van der Waals surface area contributed by atoms with Crippen LogP contribution in [0.4, 0.5) is 0 Å². The molecule has 0 heterocycles. The molecule has 6 nitrogen and oxygen atoms in total. The van der Waals surface area contributed by atoms with Crippen molar-refractivity contribution in [1.82, 2.24) is 0 Å². The zero-order valence-corrected chi connectivity index (χ0v) is 19.6. The first-order chi connectivity index (χ1) is 12.5. The van der Waals surface area contributed by atoms with Gasteiger partial charge in [-0.25, -0.2) is 0 Å². The van der Waals surface area contributed by atoms with E-state index in [9.17, 15) is 9.90 Å². The number of aliphatic hydroxyl groups is 1. The van der Waals surface area contributed by atoms with Crippen LogP contribution in [0.3, 0.4) is 0 Å². The molecule has 0 spiro atoms. The molecule has 0 fully saturated rings. The topological polar surface area (TPSA) is 74.2 Å². The van der Waals surface area contributed by atoms with Crippen molar-refractivity contribution in [3.63, 3.8) is 0 Å². The number of halogens is 1. The maximum Gasteiger partial charge on any atom is 0.319 e. The van der Waals surface area contributed by atoms with Gasteiger partial charge >= 0.3 is 5.97 Å². The fourth-order valence-corrected chi connectivity index (χ4v) is 1.98. The molecule has 0 aromatic rings. The molecule has 0 atom stereocenters. The van der Waals surface area contributed by atoms with E-state index in [0.29, 0.717) is 38.8 Å². The van der Waals surface area contributed by atoms with Crippen LogP contribution in [0, 0.1) is 5.41 Å². The van der Waals surface area contributed by atoms with E-state index in [1.807, 2.05) is 36.0 Å². The Labute approximate surface area is 178 Å². The molecular formula is C20H35IO6. The Hall–Kier alpha value is -0.480. The Bertz CT molecular complexity index is 491. The summed E-state index contributed by atoms with van der Waals surface area (Å²) in [6, 6.07) is 0. The monoisotopic (exact) mass is 498 g/mol. The van der Waals surface area contributed by atoms with Gasteiger partial charge in [-0.2, -0.15) is 0 Å². The van der Waals surface area contributed by atoms with Crippen LogP contribution in [0.1, 0.15) is 54.4 Å². The average Bonchev–Trinajstić information content (AvgIpc) is 2.57. The quantitative estimate of drug-likeness (QED) is 0.126. The average molecular weight is 498 g/mol. The van der Waals surface area contributed by atoms with Gasteiger partial charge in [-0.3, -0.25) is 4.79 Å². The summed E-state index contributed by atoms with van der Waals surface area (Å²) in [7, 11) is 0. The first-order valence-corrected chi connectivity index (χ1v) is 10.1. The van der Waals surface area contributed by atoms with Crippen molar-refractivity contribution < 1.29 is 27.2 Å². The number of esters is 1. The Morgan fingerprint density at radius 1 is 0.963 bits per heavy atom. The van der Waals surface area contributed by atoms with Crippen molar-refractivity contribution in [3.8, 4) is 0 Å². The van der Waals surface area contributed by atoms with Gasteiger partial charge in [-0.05, 0) is 60.5 Å². The highest BCUT2D eigenvalue weighted by atomic mass is 127. The lowest BCUT2D eigenvalue weighted by Crippen LogP contribution is -2.45. The zero-order chi connectivity index (χ0) is 20.9. The van der Waals surface area contributed by atoms with Crippen LogP contribution in [-0.4, -0.2) is 49.7 Å². The molecule has 0 aromatic carbocycles. The molecule has 0 aliphatic carbocycles. The first kappa shape index (κ1) is 26.5. The lowest BCUT2D eigenvalue weighted by molar-refractivity contribution is -0.163. The van der Waals surface area contributed by atoms with Crippen LogP contribution in [0.15, 0.2) is 23.5 Å². The minimum absolute atomic E-state index is 0.455. The normalized spacial score (nSPS) is 13.8. The van der Waals surface area contributed by atoms with Crippen molar-refractivity contribution in [2.24, 2.45) is 5.41 Å². The lowest BCUT2D eigenvalue weighted by Gasteiger charge is -2.34. The highest BCUT2D eigenvalue weighted by Gasteiger charge is 2.43. The Morgan fingerprint density at radius 2 is 1.56 bits per heavy atom. The summed E-state index contributed by atoms with van der Waals surface area (Å²) < 4.78 is 21.2. The van der Waals surface area contributed by atoms with Crippen LogP contribution in [0.5, 0.6) is 0 Å². The van der Waals surface area contributed by atoms with Gasteiger partial charge in [0.05, 0.1) is 37.4 Å². The van der Waals surface area contributed by atoms with Gasteiger partial charge in [0.15, 0.2) is 0 Å². The van der Waals surface area contributed by atoms with Crippen LogP contribution in [0.25, 0.3) is 0 Å². The summed E-state index contributed by atoms with van der Waals surface area (Å²) in [6.07, 6.45) is 5.33. The van der Waals surface area contributed by atoms with Crippen molar-refractivity contribution in [2.75, 3.05) is 33.0 Å². The van der Waals surface area contributed by atoms with E-state index >= 15 is 0 Å². The molecule has 0 radical (unpaired) electrons. The van der Waals surface area contributed by atoms with Crippen molar-refractivity contribution in [1.29, 1.82) is 0 Å². The van der Waals surface area contributed by atoms with E-state index in [2.05, 4.69) is 0 Å². The standard InChI is InChI=1S/C20H35IO6/c1-16(10-13-25-15-14-24-11-7-12-26-21)8-9-17(2)27-18(22)19(3,4)20(5,6)23/h8-9,23H,7,10-15H2,1-6H3/b16-8+,17-9+. The fourth-order valence-electron chi connectivity index (χ4n) is 1.67. The van der Waals surface area contributed by atoms with E-state index in [1.54, 1.807) is 40.7 Å². The second-order valence-electron chi connectivity index (χ2n) is 7.51. The van der Waals surface area contributed by atoms with Gasteiger partial charge < -0.3 is 22.4 Å². The number of ether oxygens (including phenoxy) is 3. The van der Waals surface area contributed by atoms with Crippen molar-refractivity contribution in [2.45, 2.75) is 60.0 Å². The molecule has 0 bridgehead atoms. The molecule has 0 amide bonds. The third-order valence-electron chi connectivity index (χ3n) is 4.42. The minimum atomic E-state index is -1.17. The molecule has 158 valence electrons. The summed E-state index contributed by atoms with van der Waals surface area (Å²) in [4.78, 5) is 12.2. The molecular weight excluding hydrogens is 463 g/mol. The molecule has 0 rings (SSSR count). The second kappa shape index (κ2) is 13.7. The zero-order valence-electron chi connectivity index (χ0n) is 17.5. The van der Waals surface area contributed by atoms with E-state index in [4.69, 9.17) is 17.3 Å². The maximum atomic E-state index is 12.2. The highest BCUT2D eigenvalue weighted by molar-refractivity contribution is 14.1. The van der Waals surface area contributed by atoms with E-state index in [0.717, 1.165) is 18.4 Å². The molecule has 1 N–H and O–H groups in total. The van der Waals surface area contributed by atoms with Crippen LogP contribution >= 0.6 is 23.0 Å². The number of rotatable bonds is 14. The van der Waals surface area contributed by atoms with Gasteiger partial charge in [-0.15, -0.1) is 0 Å².